The van der Waals surface area contributed by atoms with Crippen LogP contribution in [-0.2, 0) is 0 Å². The Kier molecular flexibility index (Phi) is 4.16. The van der Waals surface area contributed by atoms with Crippen molar-refractivity contribution in [3.63, 3.8) is 0 Å². The molecule has 0 aromatic carbocycles. The Morgan fingerprint density at radius 3 is 2.70 bits per heavy atom. The third-order valence-electron chi connectivity index (χ3n) is 3.65. The summed E-state index contributed by atoms with van der Waals surface area (Å²) in [6.07, 6.45) is 3.42. The van der Waals surface area contributed by atoms with Gasteiger partial charge in [0.25, 0.3) is 0 Å². The maximum absolute atomic E-state index is 11.1. The van der Waals surface area contributed by atoms with E-state index in [-0.39, 0.29) is 17.2 Å². The summed E-state index contributed by atoms with van der Waals surface area (Å²) in [5.41, 5.74) is -0.311. The number of nitrogens with zero attached hydrogens (tertiary/aromatic N) is 3. The van der Waals surface area contributed by atoms with Crippen molar-refractivity contribution < 1.29 is 14.8 Å². The van der Waals surface area contributed by atoms with Crippen molar-refractivity contribution >= 4 is 17.5 Å². The molecule has 0 amide bonds. The van der Waals surface area contributed by atoms with Gasteiger partial charge in [0.1, 0.15) is 0 Å². The Hall–Kier alpha value is -2.18. The molecule has 1 aliphatic rings. The Labute approximate surface area is 116 Å². The standard InChI is InChI=1S/C13H17N3O4/c1-2-15(8-9-4-3-5-9)12-11(16(19)20)7-6-10(14-12)13(17)18/h6-7,9H,2-5,8H2,1H3,(H,17,18). The molecule has 1 aliphatic carbocycles. The summed E-state index contributed by atoms with van der Waals surface area (Å²) in [5.74, 6) is -0.505. The summed E-state index contributed by atoms with van der Waals surface area (Å²) in [4.78, 5) is 27.3. The van der Waals surface area contributed by atoms with Gasteiger partial charge in [-0.25, -0.2) is 9.78 Å². The van der Waals surface area contributed by atoms with Crippen molar-refractivity contribution in [3.8, 4) is 0 Å². The van der Waals surface area contributed by atoms with Gasteiger partial charge in [-0.3, -0.25) is 10.1 Å². The fourth-order valence-corrected chi connectivity index (χ4v) is 2.29. The largest absolute Gasteiger partial charge is 0.477 e. The highest BCUT2D eigenvalue weighted by Crippen LogP contribution is 2.31. The number of carboxylic acids is 1. The molecule has 1 N–H and O–H groups in total. The number of pyridine rings is 1. The molecule has 0 saturated heterocycles. The Morgan fingerprint density at radius 2 is 2.25 bits per heavy atom. The predicted molar refractivity (Wildman–Crippen MR) is 73.1 cm³/mol. The molecule has 20 heavy (non-hydrogen) atoms. The van der Waals surface area contributed by atoms with Crippen LogP contribution in [0.1, 0.15) is 36.7 Å². The third kappa shape index (κ3) is 2.87. The molecule has 2 rings (SSSR count). The SMILES string of the molecule is CCN(CC1CCC1)c1nc(C(=O)O)ccc1[N+](=O)[O-]. The second-order valence-corrected chi connectivity index (χ2v) is 4.94. The maximum atomic E-state index is 11.1. The molecule has 7 nitrogen and oxygen atoms in total. The zero-order valence-corrected chi connectivity index (χ0v) is 11.3. The number of anilines is 1. The zero-order chi connectivity index (χ0) is 14.7. The van der Waals surface area contributed by atoms with Crippen LogP contribution in [0.2, 0.25) is 0 Å². The third-order valence-corrected chi connectivity index (χ3v) is 3.65. The van der Waals surface area contributed by atoms with E-state index in [1.165, 1.54) is 18.6 Å². The van der Waals surface area contributed by atoms with Crippen molar-refractivity contribution in [2.45, 2.75) is 26.2 Å². The van der Waals surface area contributed by atoms with E-state index in [2.05, 4.69) is 4.98 Å². The molecular weight excluding hydrogens is 262 g/mol. The zero-order valence-electron chi connectivity index (χ0n) is 11.3. The van der Waals surface area contributed by atoms with Crippen molar-refractivity contribution in [1.29, 1.82) is 0 Å². The molecule has 0 atom stereocenters. The number of hydrogen-bond acceptors (Lipinski definition) is 5. The molecule has 1 aromatic heterocycles. The number of rotatable bonds is 6. The van der Waals surface area contributed by atoms with Gasteiger partial charge in [0.2, 0.25) is 5.82 Å². The molecule has 1 saturated carbocycles. The highest BCUT2D eigenvalue weighted by molar-refractivity contribution is 5.86. The summed E-state index contributed by atoms with van der Waals surface area (Å²) in [6.45, 7) is 3.14. The summed E-state index contributed by atoms with van der Waals surface area (Å²) < 4.78 is 0. The van der Waals surface area contributed by atoms with Crippen molar-refractivity contribution in [2.75, 3.05) is 18.0 Å². The number of hydrogen-bond donors (Lipinski definition) is 1. The second kappa shape index (κ2) is 5.85. The topological polar surface area (TPSA) is 96.6 Å². The number of aromatic nitrogens is 1. The molecule has 1 aromatic rings. The molecule has 0 spiro atoms. The van der Waals surface area contributed by atoms with Gasteiger partial charge in [0, 0.05) is 19.2 Å². The highest BCUT2D eigenvalue weighted by Gasteiger charge is 2.26. The maximum Gasteiger partial charge on any atom is 0.354 e. The first kappa shape index (κ1) is 14.2. The van der Waals surface area contributed by atoms with E-state index in [1.807, 2.05) is 6.92 Å². The molecule has 0 aliphatic heterocycles. The molecule has 1 fully saturated rings. The quantitative estimate of drug-likeness (QED) is 0.634. The predicted octanol–water partition coefficient (Wildman–Crippen LogP) is 2.31. The van der Waals surface area contributed by atoms with E-state index in [0.717, 1.165) is 12.8 Å². The lowest BCUT2D eigenvalue weighted by Crippen LogP contribution is -2.33. The number of carbonyl (C=O) groups is 1. The van der Waals surface area contributed by atoms with Gasteiger partial charge in [-0.15, -0.1) is 0 Å². The average Bonchev–Trinajstić information content (AvgIpc) is 2.37. The van der Waals surface area contributed by atoms with E-state index in [4.69, 9.17) is 5.11 Å². The van der Waals surface area contributed by atoms with Crippen LogP contribution in [0.15, 0.2) is 12.1 Å². The molecule has 0 bridgehead atoms. The van der Waals surface area contributed by atoms with E-state index < -0.39 is 10.9 Å². The van der Waals surface area contributed by atoms with E-state index in [0.29, 0.717) is 19.0 Å². The Bertz CT molecular complexity index is 528. The smallest absolute Gasteiger partial charge is 0.354 e. The van der Waals surface area contributed by atoms with Crippen molar-refractivity contribution in [1.82, 2.24) is 4.98 Å². The van der Waals surface area contributed by atoms with Crippen molar-refractivity contribution in [3.05, 3.63) is 27.9 Å². The van der Waals surface area contributed by atoms with Gasteiger partial charge < -0.3 is 10.0 Å². The minimum absolute atomic E-state index is 0.142. The van der Waals surface area contributed by atoms with Crippen molar-refractivity contribution in [2.24, 2.45) is 5.92 Å². The van der Waals surface area contributed by atoms with Crippen LogP contribution in [0, 0.1) is 16.0 Å². The first-order valence-corrected chi connectivity index (χ1v) is 6.66. The van der Waals surface area contributed by atoms with Crippen LogP contribution in [0.3, 0.4) is 0 Å². The number of aromatic carboxylic acids is 1. The van der Waals surface area contributed by atoms with Crippen LogP contribution >= 0.6 is 0 Å². The van der Waals surface area contributed by atoms with E-state index in [9.17, 15) is 14.9 Å². The average molecular weight is 279 g/mol. The number of nitro groups is 1. The van der Waals surface area contributed by atoms with Gasteiger partial charge in [0.05, 0.1) is 4.92 Å². The summed E-state index contributed by atoms with van der Waals surface area (Å²) >= 11 is 0. The van der Waals surface area contributed by atoms with Crippen LogP contribution in [0.4, 0.5) is 11.5 Å². The van der Waals surface area contributed by atoms with Gasteiger partial charge in [-0.1, -0.05) is 6.42 Å². The monoisotopic (exact) mass is 279 g/mol. The van der Waals surface area contributed by atoms with E-state index in [1.54, 1.807) is 4.90 Å². The molecular formula is C13H17N3O4. The summed E-state index contributed by atoms with van der Waals surface area (Å²) in [7, 11) is 0. The van der Waals surface area contributed by atoms with Crippen LogP contribution in [0.25, 0.3) is 0 Å². The van der Waals surface area contributed by atoms with Gasteiger partial charge in [0.15, 0.2) is 5.69 Å². The second-order valence-electron chi connectivity index (χ2n) is 4.94. The lowest BCUT2D eigenvalue weighted by atomic mass is 9.85. The molecule has 7 heteroatoms. The number of carboxylic acid groups (broad SMARTS) is 1. The molecule has 108 valence electrons. The summed E-state index contributed by atoms with van der Waals surface area (Å²) in [6, 6.07) is 2.39. The van der Waals surface area contributed by atoms with Gasteiger partial charge in [-0.2, -0.15) is 0 Å². The molecule has 0 unspecified atom stereocenters. The van der Waals surface area contributed by atoms with Crippen LogP contribution in [0.5, 0.6) is 0 Å². The minimum Gasteiger partial charge on any atom is -0.477 e. The normalized spacial score (nSPS) is 14.7. The Balaban J connectivity index is 2.35. The highest BCUT2D eigenvalue weighted by atomic mass is 16.6. The van der Waals surface area contributed by atoms with Gasteiger partial charge in [-0.05, 0) is 31.7 Å². The first-order chi connectivity index (χ1) is 9.52. The Morgan fingerprint density at radius 1 is 1.55 bits per heavy atom. The lowest BCUT2D eigenvalue weighted by Gasteiger charge is -2.32. The summed E-state index contributed by atoms with van der Waals surface area (Å²) in [5, 5.41) is 20.1. The lowest BCUT2D eigenvalue weighted by molar-refractivity contribution is -0.384. The van der Waals surface area contributed by atoms with Crippen LogP contribution in [-0.4, -0.2) is 34.1 Å². The first-order valence-electron chi connectivity index (χ1n) is 6.66. The fraction of sp³-hybridized carbons (Fsp3) is 0.538. The molecule has 0 radical (unpaired) electrons. The van der Waals surface area contributed by atoms with Gasteiger partial charge >= 0.3 is 11.7 Å². The van der Waals surface area contributed by atoms with Crippen LogP contribution < -0.4 is 4.90 Å². The molecule has 1 heterocycles. The fourth-order valence-electron chi connectivity index (χ4n) is 2.29. The minimum atomic E-state index is -1.18. The van der Waals surface area contributed by atoms with E-state index >= 15 is 0 Å².